The van der Waals surface area contributed by atoms with Gasteiger partial charge in [-0.1, -0.05) is 0 Å². The lowest BCUT2D eigenvalue weighted by Crippen LogP contribution is -2.10. The summed E-state index contributed by atoms with van der Waals surface area (Å²) >= 11 is 0. The number of amides is 1. The number of nitrogens with zero attached hydrogens (tertiary/aromatic N) is 3. The van der Waals surface area contributed by atoms with Crippen LogP contribution in [0.3, 0.4) is 0 Å². The number of carbonyl (C=O) groups is 1. The minimum absolute atomic E-state index is 0.148. The van der Waals surface area contributed by atoms with Gasteiger partial charge in [-0.15, -0.1) is 5.11 Å². The molecule has 0 saturated heterocycles. The molecule has 62 valence electrons. The summed E-state index contributed by atoms with van der Waals surface area (Å²) in [5.74, 6) is -0.428. The molecule has 1 aromatic rings. The Labute approximate surface area is 67.7 Å². The molecule has 0 unspecified atom stereocenters. The maximum absolute atomic E-state index is 10.5. The number of hydrogen-bond donors (Lipinski definition) is 1. The molecule has 1 aromatic heterocycles. The maximum atomic E-state index is 10.5. The van der Waals surface area contributed by atoms with E-state index in [2.05, 4.69) is 15.4 Å². The van der Waals surface area contributed by atoms with Crippen LogP contribution >= 0.6 is 0 Å². The molecule has 6 heteroatoms. The first kappa shape index (κ1) is 8.12. The van der Waals surface area contributed by atoms with E-state index in [-0.39, 0.29) is 11.4 Å². The van der Waals surface area contributed by atoms with Crippen LogP contribution in [0.5, 0.6) is 0 Å². The molecule has 6 nitrogen and oxygen atoms in total. The third kappa shape index (κ3) is 1.75. The van der Waals surface area contributed by atoms with Crippen molar-refractivity contribution < 1.29 is 4.79 Å². The second-order valence-electron chi connectivity index (χ2n) is 1.95. The topological polar surface area (TPSA) is 104 Å². The number of pyridine rings is 1. The van der Waals surface area contributed by atoms with Gasteiger partial charge in [0.05, 0.1) is 5.56 Å². The second kappa shape index (κ2) is 3.42. The summed E-state index contributed by atoms with van der Waals surface area (Å²) in [5, 5.41) is 15.0. The molecule has 1 rings (SSSR count). The first-order chi connectivity index (χ1) is 5.74. The number of hydrogen-bond acceptors (Lipinski definition) is 5. The SMILES string of the molecule is NC(=O)c1ccc(N=N[O-])nc1. The van der Waals surface area contributed by atoms with Crippen LogP contribution in [0.4, 0.5) is 5.82 Å². The van der Waals surface area contributed by atoms with E-state index in [4.69, 9.17) is 5.73 Å². The van der Waals surface area contributed by atoms with Gasteiger partial charge in [0.1, 0.15) is 0 Å². The van der Waals surface area contributed by atoms with Crippen LogP contribution in [0.25, 0.3) is 0 Å². The average molecular weight is 165 g/mol. The molecule has 12 heavy (non-hydrogen) atoms. The molecule has 0 aliphatic carbocycles. The van der Waals surface area contributed by atoms with Crippen LogP contribution in [0.1, 0.15) is 10.4 Å². The van der Waals surface area contributed by atoms with Crippen molar-refractivity contribution in [1.82, 2.24) is 4.98 Å². The van der Waals surface area contributed by atoms with E-state index >= 15 is 0 Å². The van der Waals surface area contributed by atoms with Crippen molar-refractivity contribution in [3.8, 4) is 0 Å². The summed E-state index contributed by atoms with van der Waals surface area (Å²) in [6.45, 7) is 0. The lowest BCUT2D eigenvalue weighted by molar-refractivity contribution is 0.1000. The minimum atomic E-state index is -0.576. The molecule has 0 aliphatic heterocycles. The molecule has 0 saturated carbocycles. The van der Waals surface area contributed by atoms with E-state index in [1.54, 1.807) is 0 Å². The Morgan fingerprint density at radius 2 is 2.33 bits per heavy atom. The summed E-state index contributed by atoms with van der Waals surface area (Å²) in [7, 11) is 0. The fourth-order valence-corrected chi connectivity index (χ4v) is 0.633. The lowest BCUT2D eigenvalue weighted by Gasteiger charge is -1.94. The van der Waals surface area contributed by atoms with Crippen LogP contribution in [-0.2, 0) is 0 Å². The van der Waals surface area contributed by atoms with Gasteiger partial charge in [-0.2, -0.15) is 0 Å². The number of nitrogens with two attached hydrogens (primary N) is 1. The Bertz CT molecular complexity index is 306. The van der Waals surface area contributed by atoms with E-state index in [0.29, 0.717) is 0 Å². The van der Waals surface area contributed by atoms with Gasteiger partial charge in [0, 0.05) is 6.20 Å². The van der Waals surface area contributed by atoms with Gasteiger partial charge in [0.15, 0.2) is 5.82 Å². The van der Waals surface area contributed by atoms with Crippen LogP contribution in [0.2, 0.25) is 0 Å². The molecular formula is C6H5N4O2-. The van der Waals surface area contributed by atoms with Gasteiger partial charge in [-0.05, 0) is 12.1 Å². The first-order valence-electron chi connectivity index (χ1n) is 3.03. The molecule has 0 fully saturated rings. The van der Waals surface area contributed by atoms with Gasteiger partial charge in [-0.25, -0.2) is 10.3 Å². The van der Waals surface area contributed by atoms with E-state index in [9.17, 15) is 10.0 Å². The highest BCUT2D eigenvalue weighted by molar-refractivity contribution is 5.92. The van der Waals surface area contributed by atoms with Gasteiger partial charge < -0.3 is 10.9 Å². The van der Waals surface area contributed by atoms with E-state index < -0.39 is 5.91 Å². The van der Waals surface area contributed by atoms with Crippen molar-refractivity contribution in [3.05, 3.63) is 29.1 Å². The average Bonchev–Trinajstić information content (AvgIpc) is 2.06. The minimum Gasteiger partial charge on any atom is -0.775 e. The highest BCUT2D eigenvalue weighted by Crippen LogP contribution is 2.07. The third-order valence-electron chi connectivity index (χ3n) is 1.18. The van der Waals surface area contributed by atoms with Crippen molar-refractivity contribution in [2.45, 2.75) is 0 Å². The van der Waals surface area contributed by atoms with Crippen LogP contribution in [0, 0.1) is 5.21 Å². The summed E-state index contributed by atoms with van der Waals surface area (Å²) in [4.78, 5) is 14.2. The molecule has 2 N–H and O–H groups in total. The Morgan fingerprint density at radius 3 is 2.75 bits per heavy atom. The number of carbonyl (C=O) groups excluding carboxylic acids is 1. The van der Waals surface area contributed by atoms with Gasteiger partial charge >= 0.3 is 0 Å². The standard InChI is InChI=1S/C6H6N4O2/c7-6(11)4-1-2-5(8-3-4)9-10-12/h1-3H,(H2,7,11)(H,8,9,12)/p-1. The molecule has 0 spiro atoms. The quantitative estimate of drug-likeness (QED) is 0.516. The molecule has 0 radical (unpaired) electrons. The maximum Gasteiger partial charge on any atom is 0.250 e. The van der Waals surface area contributed by atoms with Crippen molar-refractivity contribution >= 4 is 11.7 Å². The Hall–Kier alpha value is -1.98. The predicted molar refractivity (Wildman–Crippen MR) is 40.6 cm³/mol. The van der Waals surface area contributed by atoms with Crippen LogP contribution in [0.15, 0.2) is 28.7 Å². The van der Waals surface area contributed by atoms with Crippen molar-refractivity contribution in [2.75, 3.05) is 0 Å². The van der Waals surface area contributed by atoms with Gasteiger partial charge in [0.25, 0.3) is 0 Å². The Morgan fingerprint density at radius 1 is 1.58 bits per heavy atom. The van der Waals surface area contributed by atoms with E-state index in [1.807, 2.05) is 0 Å². The number of primary amides is 1. The first-order valence-corrected chi connectivity index (χ1v) is 3.03. The van der Waals surface area contributed by atoms with Crippen LogP contribution in [-0.4, -0.2) is 10.9 Å². The number of aromatic nitrogens is 1. The lowest BCUT2D eigenvalue weighted by atomic mass is 10.3. The van der Waals surface area contributed by atoms with Gasteiger partial charge in [-0.3, -0.25) is 4.79 Å². The Kier molecular flexibility index (Phi) is 2.32. The fraction of sp³-hybridized carbons (Fsp3) is 0. The van der Waals surface area contributed by atoms with E-state index in [0.717, 1.165) is 0 Å². The van der Waals surface area contributed by atoms with Gasteiger partial charge in [0.2, 0.25) is 5.91 Å². The van der Waals surface area contributed by atoms with E-state index in [1.165, 1.54) is 18.3 Å². The smallest absolute Gasteiger partial charge is 0.250 e. The molecule has 0 aromatic carbocycles. The van der Waals surface area contributed by atoms with Crippen molar-refractivity contribution in [1.29, 1.82) is 0 Å². The predicted octanol–water partition coefficient (Wildman–Crippen LogP) is 0.762. The summed E-state index contributed by atoms with van der Waals surface area (Å²) in [6.07, 6.45) is 1.23. The van der Waals surface area contributed by atoms with Crippen molar-refractivity contribution in [3.63, 3.8) is 0 Å². The molecule has 0 atom stereocenters. The Balaban J connectivity index is 2.93. The zero-order valence-corrected chi connectivity index (χ0v) is 5.97. The third-order valence-corrected chi connectivity index (χ3v) is 1.18. The summed E-state index contributed by atoms with van der Waals surface area (Å²) < 4.78 is 0. The monoisotopic (exact) mass is 165 g/mol. The normalized spacial score (nSPS) is 10.3. The molecular weight excluding hydrogens is 160 g/mol. The zero-order valence-electron chi connectivity index (χ0n) is 5.97. The second-order valence-corrected chi connectivity index (χ2v) is 1.95. The van der Waals surface area contributed by atoms with Crippen LogP contribution < -0.4 is 5.73 Å². The zero-order chi connectivity index (χ0) is 8.97. The summed E-state index contributed by atoms with van der Waals surface area (Å²) in [6, 6.07) is 2.79. The van der Waals surface area contributed by atoms with Crippen molar-refractivity contribution in [2.24, 2.45) is 16.1 Å². The molecule has 1 amide bonds. The fourth-order valence-electron chi connectivity index (χ4n) is 0.633. The molecule has 1 heterocycles. The largest absolute Gasteiger partial charge is 0.775 e. The highest BCUT2D eigenvalue weighted by atomic mass is 16.5. The number of rotatable bonds is 2. The highest BCUT2D eigenvalue weighted by Gasteiger charge is 1.98. The summed E-state index contributed by atoms with van der Waals surface area (Å²) in [5.41, 5.74) is 5.21. The molecule has 0 aliphatic rings. The molecule has 0 bridgehead atoms.